The minimum absolute atomic E-state index is 0. The predicted octanol–water partition coefficient (Wildman–Crippen LogP) is -0.444. The largest absolute Gasteiger partial charge is 3.00 e. The van der Waals surface area contributed by atoms with Gasteiger partial charge in [0.1, 0.15) is 0 Å². The van der Waals surface area contributed by atoms with E-state index in [1.54, 1.807) is 0 Å². The summed E-state index contributed by atoms with van der Waals surface area (Å²) in [5.74, 6) is 0. The van der Waals surface area contributed by atoms with Gasteiger partial charge in [0.2, 0.25) is 0 Å². The third-order valence-corrected chi connectivity index (χ3v) is 0. The van der Waals surface area contributed by atoms with Gasteiger partial charge in [-0.3, -0.25) is 0 Å². The standard InChI is InChI=1S/Al.Ir.O.H3P/h;;;1H3/q2*+3;-2;. The average Bonchev–Trinajstić information content (AvgIpc) is 0. The van der Waals surface area contributed by atoms with Crippen LogP contribution in [0.4, 0.5) is 0 Å². The van der Waals surface area contributed by atoms with E-state index in [0.29, 0.717) is 0 Å². The molecule has 0 aromatic carbocycles. The van der Waals surface area contributed by atoms with Crippen molar-refractivity contribution in [3.05, 3.63) is 0 Å². The third kappa shape index (κ3) is 9.56. The maximum absolute atomic E-state index is 0. The molecule has 0 saturated carbocycles. The van der Waals surface area contributed by atoms with E-state index in [4.69, 9.17) is 0 Å². The van der Waals surface area contributed by atoms with Crippen LogP contribution >= 0.6 is 9.90 Å². The van der Waals surface area contributed by atoms with Crippen molar-refractivity contribution >= 4 is 27.3 Å². The maximum atomic E-state index is 0. The summed E-state index contributed by atoms with van der Waals surface area (Å²) >= 11 is 0. The predicted molar refractivity (Wildman–Crippen MR) is 17.5 cm³/mol. The Morgan fingerprint density at radius 2 is 1.00 bits per heavy atom. The second-order valence-electron chi connectivity index (χ2n) is 0. The SMILES string of the molecule is P.[Al+3].[Ir+3].[O-2]. The van der Waals surface area contributed by atoms with Gasteiger partial charge < -0.3 is 5.48 Å². The van der Waals surface area contributed by atoms with Crippen molar-refractivity contribution in [2.75, 3.05) is 0 Å². The van der Waals surface area contributed by atoms with Crippen LogP contribution in [0.2, 0.25) is 0 Å². The molecule has 0 fully saturated rings. The molecule has 0 aliphatic heterocycles. The zero-order chi connectivity index (χ0) is 0. The first kappa shape index (κ1) is 47.1. The summed E-state index contributed by atoms with van der Waals surface area (Å²) in [5.41, 5.74) is 0. The summed E-state index contributed by atoms with van der Waals surface area (Å²) in [4.78, 5) is 0. The van der Waals surface area contributed by atoms with E-state index in [1.165, 1.54) is 0 Å². The van der Waals surface area contributed by atoms with Crippen LogP contribution in [0.5, 0.6) is 0 Å². The van der Waals surface area contributed by atoms with E-state index in [-0.39, 0.29) is 52.8 Å². The van der Waals surface area contributed by atoms with E-state index < -0.39 is 0 Å². The molecule has 0 rings (SSSR count). The fraction of sp³-hybridized carbons (Fsp3) is 0. The van der Waals surface area contributed by atoms with Crippen LogP contribution in [-0.4, -0.2) is 17.4 Å². The Balaban J connectivity index is 0. The van der Waals surface area contributed by atoms with Crippen LogP contribution in [0, 0.1) is 0 Å². The van der Waals surface area contributed by atoms with Gasteiger partial charge in [0.15, 0.2) is 0 Å². The zero-order valence-corrected chi connectivity index (χ0v) is 6.99. The molecule has 1 nitrogen and oxygen atoms in total. The minimum Gasteiger partial charge on any atom is -2.00 e. The first-order chi connectivity index (χ1) is 0. The topological polar surface area (TPSA) is 28.5 Å². The van der Waals surface area contributed by atoms with Crippen molar-refractivity contribution in [2.24, 2.45) is 0 Å². The zero-order valence-electron chi connectivity index (χ0n) is 2.03. The Bertz CT molecular complexity index is 8.00. The molecule has 0 aliphatic carbocycles. The first-order valence-corrected chi connectivity index (χ1v) is 0. The van der Waals surface area contributed by atoms with Crippen LogP contribution in [0.15, 0.2) is 0 Å². The van der Waals surface area contributed by atoms with E-state index in [9.17, 15) is 0 Å². The summed E-state index contributed by atoms with van der Waals surface area (Å²) in [6, 6.07) is 0. The van der Waals surface area contributed by atoms with E-state index in [1.807, 2.05) is 0 Å². The van der Waals surface area contributed by atoms with Gasteiger partial charge in [-0.15, -0.1) is 0 Å². The second kappa shape index (κ2) is 23.6. The van der Waals surface area contributed by atoms with Gasteiger partial charge in [-0.1, -0.05) is 0 Å². The molecule has 0 spiro atoms. The van der Waals surface area contributed by atoms with E-state index >= 15 is 0 Å². The summed E-state index contributed by atoms with van der Waals surface area (Å²) < 4.78 is 0. The van der Waals surface area contributed by atoms with Crippen molar-refractivity contribution in [1.29, 1.82) is 0 Å². The normalized spacial score (nSPS) is 0. The monoisotopic (exact) mass is 270 g/mol. The molecule has 0 N–H and O–H groups in total. The van der Waals surface area contributed by atoms with Crippen LogP contribution < -0.4 is 0 Å². The van der Waals surface area contributed by atoms with E-state index in [0.717, 1.165) is 0 Å². The molecule has 0 amide bonds. The fourth-order valence-electron chi connectivity index (χ4n) is 0. The summed E-state index contributed by atoms with van der Waals surface area (Å²) in [6.07, 6.45) is 0. The van der Waals surface area contributed by atoms with Crippen LogP contribution in [-0.2, 0) is 25.6 Å². The fourth-order valence-corrected chi connectivity index (χ4v) is 0. The molecule has 4 heavy (non-hydrogen) atoms. The van der Waals surface area contributed by atoms with Crippen LogP contribution in [0.3, 0.4) is 0 Å². The smallest absolute Gasteiger partial charge is 2.00 e. The molecular weight excluding hydrogens is 266 g/mol. The number of rotatable bonds is 0. The molecule has 1 atom stereocenters. The first-order valence-electron chi connectivity index (χ1n) is 0. The molecule has 1 unspecified atom stereocenters. The van der Waals surface area contributed by atoms with Gasteiger partial charge >= 0.3 is 37.5 Å². The molecule has 0 aliphatic rings. The molecule has 0 radical (unpaired) electrons. The van der Waals surface area contributed by atoms with Gasteiger partial charge in [-0.2, -0.15) is 9.90 Å². The van der Waals surface area contributed by atoms with Gasteiger partial charge in [-0.25, -0.2) is 0 Å². The summed E-state index contributed by atoms with van der Waals surface area (Å²) in [6.45, 7) is 0. The number of hydrogen-bond donors (Lipinski definition) is 0. The quantitative estimate of drug-likeness (QED) is 0.421. The van der Waals surface area contributed by atoms with Gasteiger partial charge in [-0.05, 0) is 0 Å². The number of hydrogen-bond acceptors (Lipinski definition) is 0. The Morgan fingerprint density at radius 3 is 1.00 bits per heavy atom. The van der Waals surface area contributed by atoms with Gasteiger partial charge in [0.25, 0.3) is 0 Å². The van der Waals surface area contributed by atoms with Gasteiger partial charge in [0.05, 0.1) is 0 Å². The van der Waals surface area contributed by atoms with Crippen LogP contribution in [0.25, 0.3) is 0 Å². The average molecular weight is 269 g/mol. The molecule has 0 aromatic rings. The maximum Gasteiger partial charge on any atom is 3.00 e. The second-order valence-corrected chi connectivity index (χ2v) is 0. The Labute approximate surface area is 53.0 Å². The Hall–Kier alpha value is 1.57. The van der Waals surface area contributed by atoms with Crippen LogP contribution in [0.1, 0.15) is 0 Å². The Morgan fingerprint density at radius 1 is 1.00 bits per heavy atom. The summed E-state index contributed by atoms with van der Waals surface area (Å²) in [7, 11) is 0. The molecule has 0 saturated heterocycles. The molecule has 4 heteroatoms. The van der Waals surface area contributed by atoms with Crippen molar-refractivity contribution < 1.29 is 25.6 Å². The van der Waals surface area contributed by atoms with Crippen molar-refractivity contribution in [1.82, 2.24) is 0 Å². The summed E-state index contributed by atoms with van der Waals surface area (Å²) in [5, 5.41) is 0. The third-order valence-electron chi connectivity index (χ3n) is 0. The molecule has 0 aromatic heterocycles. The van der Waals surface area contributed by atoms with Crippen molar-refractivity contribution in [2.45, 2.75) is 0 Å². The van der Waals surface area contributed by atoms with Crippen molar-refractivity contribution in [3.63, 3.8) is 0 Å². The van der Waals surface area contributed by atoms with Crippen molar-refractivity contribution in [3.8, 4) is 0 Å². The molecule has 0 bridgehead atoms. The van der Waals surface area contributed by atoms with E-state index in [2.05, 4.69) is 0 Å². The minimum atomic E-state index is 0. The molecule has 0 heterocycles. The van der Waals surface area contributed by atoms with Gasteiger partial charge in [0, 0.05) is 0 Å². The molecule has 22 valence electrons. The Kier molecular flexibility index (Phi) is 278. The molecular formula is H3AlIrOP+4.